The summed E-state index contributed by atoms with van der Waals surface area (Å²) in [6.07, 6.45) is 5.00. The Morgan fingerprint density at radius 3 is 1.58 bits per heavy atom. The molecule has 4 aromatic rings. The number of carboxylic acids is 1. The van der Waals surface area contributed by atoms with Crippen LogP contribution in [-0.4, -0.2) is 104 Å². The van der Waals surface area contributed by atoms with E-state index in [0.717, 1.165) is 30.5 Å². The number of carbonyl (C=O) groups is 5. The van der Waals surface area contributed by atoms with E-state index in [9.17, 15) is 29.1 Å². The van der Waals surface area contributed by atoms with Crippen LogP contribution < -0.4 is 10.6 Å². The number of benzene rings is 2. The van der Waals surface area contributed by atoms with E-state index in [0.29, 0.717) is 53.5 Å². The first-order valence-electron chi connectivity index (χ1n) is 19.2. The Hall–Kier alpha value is -6.19. The van der Waals surface area contributed by atoms with E-state index >= 15 is 0 Å². The minimum absolute atomic E-state index is 0.110. The number of hydrogen-bond donors (Lipinski definition) is 5. The normalized spacial score (nSPS) is 17.8. The summed E-state index contributed by atoms with van der Waals surface area (Å²) in [5, 5.41) is 15.6. The van der Waals surface area contributed by atoms with Gasteiger partial charge in [-0.2, -0.15) is 0 Å². The average Bonchev–Trinajstić information content (AvgIpc) is 4.05. The quantitative estimate of drug-likeness (QED) is 0.114. The first kappa shape index (κ1) is 40.5. The molecule has 4 amide bonds. The summed E-state index contributed by atoms with van der Waals surface area (Å²) in [7, 11) is 2.52. The highest BCUT2D eigenvalue weighted by Crippen LogP contribution is 2.36. The smallest absolute Gasteiger partial charge is 0.407 e. The Bertz CT molecular complexity index is 2110. The Labute approximate surface area is 330 Å². The largest absolute Gasteiger partial charge is 0.478 e. The van der Waals surface area contributed by atoms with E-state index in [4.69, 9.17) is 9.47 Å². The van der Waals surface area contributed by atoms with E-state index in [1.807, 2.05) is 58.0 Å². The lowest BCUT2D eigenvalue weighted by molar-refractivity contribution is -0.136. The molecule has 5 N–H and O–H groups in total. The molecule has 4 heterocycles. The fraction of sp³-hybridized carbons (Fsp3) is 0.439. The summed E-state index contributed by atoms with van der Waals surface area (Å²) in [4.78, 5) is 83.0. The number of likely N-dealkylation sites (tertiary alicyclic amines) is 2. The van der Waals surface area contributed by atoms with Gasteiger partial charge < -0.3 is 45.0 Å². The van der Waals surface area contributed by atoms with E-state index in [1.165, 1.54) is 14.2 Å². The van der Waals surface area contributed by atoms with Gasteiger partial charge in [0.25, 0.3) is 0 Å². The molecule has 0 radical (unpaired) electrons. The van der Waals surface area contributed by atoms with Gasteiger partial charge in [-0.3, -0.25) is 9.59 Å². The van der Waals surface area contributed by atoms with Crippen LogP contribution in [0.1, 0.15) is 87.5 Å². The van der Waals surface area contributed by atoms with Crippen LogP contribution in [0, 0.1) is 11.8 Å². The molecule has 2 aromatic heterocycles. The van der Waals surface area contributed by atoms with Gasteiger partial charge in [0.2, 0.25) is 11.8 Å². The van der Waals surface area contributed by atoms with Crippen LogP contribution in [0.15, 0.2) is 54.9 Å². The number of ether oxygens (including phenoxy) is 2. The highest BCUT2D eigenvalue weighted by molar-refractivity contribution is 5.97. The number of rotatable bonds is 12. The van der Waals surface area contributed by atoms with Gasteiger partial charge in [0.1, 0.15) is 23.7 Å². The first-order valence-corrected chi connectivity index (χ1v) is 19.2. The van der Waals surface area contributed by atoms with Gasteiger partial charge in [-0.1, -0.05) is 64.1 Å². The molecule has 57 heavy (non-hydrogen) atoms. The molecule has 0 bridgehead atoms. The summed E-state index contributed by atoms with van der Waals surface area (Å²) < 4.78 is 9.47. The predicted octanol–water partition coefficient (Wildman–Crippen LogP) is 5.92. The third kappa shape index (κ3) is 8.64. The maximum Gasteiger partial charge on any atom is 0.407 e. The molecular weight excluding hydrogens is 732 g/mol. The van der Waals surface area contributed by atoms with Crippen LogP contribution in [-0.2, 0) is 19.1 Å². The zero-order valence-corrected chi connectivity index (χ0v) is 33.0. The second kappa shape index (κ2) is 17.3. The van der Waals surface area contributed by atoms with E-state index in [2.05, 4.69) is 30.6 Å². The minimum Gasteiger partial charge on any atom is -0.478 e. The molecule has 2 aliphatic rings. The van der Waals surface area contributed by atoms with Crippen molar-refractivity contribution in [3.63, 3.8) is 0 Å². The Morgan fingerprint density at radius 1 is 0.702 bits per heavy atom. The summed E-state index contributed by atoms with van der Waals surface area (Å²) in [5.41, 5.74) is 4.17. The standard InChI is InChI=1S/C41H50N8O8/c1-22(2)33(46-40(54)56-5)37(50)48-17-7-9-31(48)35-42-20-29(44-35)25-13-11-24(12-14-25)27-16-15-26(19-28(27)39(52)53)30-21-43-36(45-30)32-10-8-18-49(32)38(51)34(23(3)4)47-41(55)57-6/h11-16,19-23,31-34H,7-10,17-18H2,1-6H3,(H,42,44)(H,43,45)(H,46,54)(H,47,55)(H,52,53)/t31-,32-,33?,34-/m0/s1. The Balaban J connectivity index is 1.17. The molecule has 2 aliphatic heterocycles. The number of alkyl carbamates (subject to hydrolysis) is 2. The Morgan fingerprint density at radius 2 is 1.14 bits per heavy atom. The third-order valence-electron chi connectivity index (χ3n) is 10.7. The molecule has 16 heteroatoms. The zero-order valence-electron chi connectivity index (χ0n) is 33.0. The highest BCUT2D eigenvalue weighted by atomic mass is 16.5. The number of hydrogen-bond acceptors (Lipinski definition) is 9. The van der Waals surface area contributed by atoms with Gasteiger partial charge >= 0.3 is 18.2 Å². The zero-order chi connectivity index (χ0) is 41.0. The number of nitrogens with zero attached hydrogens (tertiary/aromatic N) is 4. The molecule has 0 aliphatic carbocycles. The molecule has 6 rings (SSSR count). The number of aromatic carboxylic acids is 1. The topological polar surface area (TPSA) is 212 Å². The van der Waals surface area contributed by atoms with Crippen molar-refractivity contribution < 1.29 is 38.6 Å². The molecule has 2 saturated heterocycles. The van der Waals surface area contributed by atoms with Crippen LogP contribution >= 0.6 is 0 Å². The van der Waals surface area contributed by atoms with Crippen molar-refractivity contribution in [2.24, 2.45) is 11.8 Å². The van der Waals surface area contributed by atoms with Crippen molar-refractivity contribution >= 4 is 30.0 Å². The molecule has 0 saturated carbocycles. The number of nitrogens with one attached hydrogen (secondary N) is 4. The number of amides is 4. The van der Waals surface area contributed by atoms with E-state index in [-0.39, 0.29) is 41.3 Å². The van der Waals surface area contributed by atoms with Gasteiger partial charge in [-0.25, -0.2) is 24.4 Å². The average molecular weight is 783 g/mol. The lowest BCUT2D eigenvalue weighted by atomic mass is 9.95. The van der Waals surface area contributed by atoms with Crippen molar-refractivity contribution in [2.45, 2.75) is 77.5 Å². The molecule has 1 unspecified atom stereocenters. The lowest BCUT2D eigenvalue weighted by Gasteiger charge is -2.30. The van der Waals surface area contributed by atoms with Crippen LogP contribution in [0.3, 0.4) is 0 Å². The fourth-order valence-electron chi connectivity index (χ4n) is 7.66. The van der Waals surface area contributed by atoms with Crippen molar-refractivity contribution in [3.05, 3.63) is 72.1 Å². The van der Waals surface area contributed by atoms with Crippen molar-refractivity contribution in [2.75, 3.05) is 27.3 Å². The molecule has 2 fully saturated rings. The Kier molecular flexibility index (Phi) is 12.3. The van der Waals surface area contributed by atoms with Gasteiger partial charge in [-0.15, -0.1) is 0 Å². The van der Waals surface area contributed by atoms with Gasteiger partial charge in [-0.05, 0) is 60.3 Å². The summed E-state index contributed by atoms with van der Waals surface area (Å²) in [6.45, 7) is 8.51. The van der Waals surface area contributed by atoms with Gasteiger partial charge in [0, 0.05) is 18.7 Å². The van der Waals surface area contributed by atoms with E-state index in [1.54, 1.807) is 34.3 Å². The van der Waals surface area contributed by atoms with Crippen molar-refractivity contribution in [1.29, 1.82) is 0 Å². The minimum atomic E-state index is -1.09. The molecule has 0 spiro atoms. The fourth-order valence-corrected chi connectivity index (χ4v) is 7.66. The first-order chi connectivity index (χ1) is 27.3. The van der Waals surface area contributed by atoms with Crippen molar-refractivity contribution in [1.82, 2.24) is 40.4 Å². The number of aromatic amines is 2. The SMILES string of the molecule is COC(=O)NC(C(=O)N1CCC[C@H]1c1ncc(-c2ccc(-c3ccc(-c4cnc([C@@H]5CCCN5C(=O)[C@@H](NC(=O)OC)C(C)C)[nH]4)cc3C(=O)O)cc2)[nH]1)C(C)C. The number of methoxy groups -OCH3 is 2. The highest BCUT2D eigenvalue weighted by Gasteiger charge is 2.39. The van der Waals surface area contributed by atoms with E-state index < -0.39 is 30.2 Å². The maximum atomic E-state index is 13.6. The van der Waals surface area contributed by atoms with Gasteiger partial charge in [0.15, 0.2) is 0 Å². The molecular formula is C41H50N8O8. The number of carboxylic acid groups (broad SMARTS) is 1. The monoisotopic (exact) mass is 782 g/mol. The molecule has 302 valence electrons. The summed E-state index contributed by atoms with van der Waals surface area (Å²) >= 11 is 0. The summed E-state index contributed by atoms with van der Waals surface area (Å²) in [5.74, 6) is -0.572. The second-order valence-corrected chi connectivity index (χ2v) is 15.1. The lowest BCUT2D eigenvalue weighted by Crippen LogP contribution is -2.51. The third-order valence-corrected chi connectivity index (χ3v) is 10.7. The predicted molar refractivity (Wildman–Crippen MR) is 210 cm³/mol. The van der Waals surface area contributed by atoms with Crippen LogP contribution in [0.2, 0.25) is 0 Å². The molecule has 16 nitrogen and oxygen atoms in total. The number of H-pyrrole nitrogens is 2. The molecule has 2 aromatic carbocycles. The van der Waals surface area contributed by atoms with Crippen LogP contribution in [0.25, 0.3) is 33.6 Å². The number of imidazole rings is 2. The number of aromatic nitrogens is 4. The maximum absolute atomic E-state index is 13.6. The number of carbonyl (C=O) groups excluding carboxylic acids is 4. The van der Waals surface area contributed by atoms with Crippen molar-refractivity contribution in [3.8, 4) is 33.6 Å². The molecule has 4 atom stereocenters. The van der Waals surface area contributed by atoms with Crippen LogP contribution in [0.5, 0.6) is 0 Å². The second-order valence-electron chi connectivity index (χ2n) is 15.1. The summed E-state index contributed by atoms with van der Waals surface area (Å²) in [6, 6.07) is 10.6. The van der Waals surface area contributed by atoms with Crippen LogP contribution in [0.4, 0.5) is 9.59 Å². The van der Waals surface area contributed by atoms with Gasteiger partial charge in [0.05, 0.1) is 55.6 Å².